The molecule has 0 saturated carbocycles. The Morgan fingerprint density at radius 2 is 1.79 bits per heavy atom. The van der Waals surface area contributed by atoms with Crippen LogP contribution in [0.25, 0.3) is 0 Å². The van der Waals surface area contributed by atoms with Gasteiger partial charge in [0.1, 0.15) is 0 Å². The highest BCUT2D eigenvalue weighted by atomic mass is 15.1. The van der Waals surface area contributed by atoms with Crippen LogP contribution in [0.4, 0.5) is 0 Å². The lowest BCUT2D eigenvalue weighted by atomic mass is 9.90. The van der Waals surface area contributed by atoms with Crippen molar-refractivity contribution in [3.05, 3.63) is 35.9 Å². The van der Waals surface area contributed by atoms with Crippen molar-refractivity contribution >= 4 is 0 Å². The van der Waals surface area contributed by atoms with Gasteiger partial charge in [0.15, 0.2) is 0 Å². The first kappa shape index (κ1) is 14.5. The summed E-state index contributed by atoms with van der Waals surface area (Å²) in [7, 11) is 4.32. The van der Waals surface area contributed by atoms with Gasteiger partial charge in [-0.15, -0.1) is 0 Å². The van der Waals surface area contributed by atoms with Gasteiger partial charge in [0.25, 0.3) is 0 Å². The van der Waals surface area contributed by atoms with E-state index in [1.807, 2.05) is 0 Å². The number of benzene rings is 1. The van der Waals surface area contributed by atoms with Crippen LogP contribution in [-0.2, 0) is 6.42 Å². The smallest absolute Gasteiger partial charge is 0.000655 e. The molecule has 0 atom stereocenters. The maximum atomic E-state index is 2.64. The van der Waals surface area contributed by atoms with Crippen LogP contribution < -0.4 is 0 Å². The molecule has 2 heteroatoms. The summed E-state index contributed by atoms with van der Waals surface area (Å²) in [6.07, 6.45) is 5.32. The number of hydrogen-bond acceptors (Lipinski definition) is 2. The van der Waals surface area contributed by atoms with Gasteiger partial charge < -0.3 is 9.80 Å². The van der Waals surface area contributed by atoms with Crippen LogP contribution in [0, 0.1) is 5.92 Å². The first-order chi connectivity index (χ1) is 9.24. The Hall–Kier alpha value is -0.860. The second-order valence-corrected chi connectivity index (χ2v) is 6.13. The standard InChI is InChI=1S/C17H28N2/c1-18(2)11-6-12-19-13-9-17(10-14-19)15-16-7-4-3-5-8-16/h3-5,7-8,17H,6,9-15H2,1-2H3. The van der Waals surface area contributed by atoms with Gasteiger partial charge in [-0.25, -0.2) is 0 Å². The van der Waals surface area contributed by atoms with Gasteiger partial charge >= 0.3 is 0 Å². The maximum absolute atomic E-state index is 2.64. The predicted molar refractivity (Wildman–Crippen MR) is 82.5 cm³/mol. The van der Waals surface area contributed by atoms with Gasteiger partial charge in [-0.2, -0.15) is 0 Å². The molecule has 19 heavy (non-hydrogen) atoms. The Morgan fingerprint density at radius 3 is 2.42 bits per heavy atom. The molecule has 1 fully saturated rings. The summed E-state index contributed by atoms with van der Waals surface area (Å²) in [5.41, 5.74) is 1.51. The molecule has 1 saturated heterocycles. The van der Waals surface area contributed by atoms with E-state index in [1.165, 1.54) is 57.4 Å². The van der Waals surface area contributed by atoms with Crippen molar-refractivity contribution in [1.29, 1.82) is 0 Å². The molecule has 0 radical (unpaired) electrons. The van der Waals surface area contributed by atoms with Gasteiger partial charge in [-0.1, -0.05) is 30.3 Å². The third-order valence-electron chi connectivity index (χ3n) is 4.15. The van der Waals surface area contributed by atoms with Crippen molar-refractivity contribution in [3.63, 3.8) is 0 Å². The molecule has 0 unspecified atom stereocenters. The van der Waals surface area contributed by atoms with Gasteiger partial charge in [-0.3, -0.25) is 0 Å². The molecule has 0 spiro atoms. The summed E-state index contributed by atoms with van der Waals surface area (Å²) in [6.45, 7) is 5.08. The average Bonchev–Trinajstić information content (AvgIpc) is 2.42. The predicted octanol–water partition coefficient (Wildman–Crippen LogP) is 2.89. The lowest BCUT2D eigenvalue weighted by molar-refractivity contribution is 0.177. The maximum Gasteiger partial charge on any atom is -0.000655 e. The highest BCUT2D eigenvalue weighted by Gasteiger charge is 2.18. The van der Waals surface area contributed by atoms with Crippen LogP contribution in [0.5, 0.6) is 0 Å². The molecule has 2 nitrogen and oxygen atoms in total. The molecule has 106 valence electrons. The minimum Gasteiger partial charge on any atom is -0.309 e. The summed E-state index contributed by atoms with van der Waals surface area (Å²) < 4.78 is 0. The molecule has 0 bridgehead atoms. The van der Waals surface area contributed by atoms with E-state index in [2.05, 4.69) is 54.2 Å². The van der Waals surface area contributed by atoms with E-state index in [0.29, 0.717) is 0 Å². The molecule has 1 aliphatic rings. The van der Waals surface area contributed by atoms with E-state index in [4.69, 9.17) is 0 Å². The van der Waals surface area contributed by atoms with Crippen molar-refractivity contribution < 1.29 is 0 Å². The van der Waals surface area contributed by atoms with E-state index in [0.717, 1.165) is 5.92 Å². The minimum atomic E-state index is 0.896. The van der Waals surface area contributed by atoms with Crippen LogP contribution >= 0.6 is 0 Å². The van der Waals surface area contributed by atoms with E-state index in [9.17, 15) is 0 Å². The molecule has 2 rings (SSSR count). The molecule has 0 aromatic heterocycles. The Bertz CT molecular complexity index is 340. The number of piperidine rings is 1. The van der Waals surface area contributed by atoms with Gasteiger partial charge in [-0.05, 0) is 77.4 Å². The van der Waals surface area contributed by atoms with E-state index in [-0.39, 0.29) is 0 Å². The Morgan fingerprint density at radius 1 is 1.11 bits per heavy atom. The van der Waals surface area contributed by atoms with Crippen molar-refractivity contribution in [3.8, 4) is 0 Å². The second-order valence-electron chi connectivity index (χ2n) is 6.13. The first-order valence-corrected chi connectivity index (χ1v) is 7.65. The Labute approximate surface area is 118 Å². The highest BCUT2D eigenvalue weighted by molar-refractivity contribution is 5.15. The van der Waals surface area contributed by atoms with Gasteiger partial charge in [0.05, 0.1) is 0 Å². The molecule has 1 aromatic carbocycles. The average molecular weight is 260 g/mol. The first-order valence-electron chi connectivity index (χ1n) is 7.65. The number of rotatable bonds is 6. The number of hydrogen-bond donors (Lipinski definition) is 0. The summed E-state index contributed by atoms with van der Waals surface area (Å²) in [4.78, 5) is 4.92. The van der Waals surface area contributed by atoms with Gasteiger partial charge in [0, 0.05) is 0 Å². The van der Waals surface area contributed by atoms with Crippen molar-refractivity contribution in [2.24, 2.45) is 5.92 Å². The second kappa shape index (κ2) is 7.66. The fourth-order valence-corrected chi connectivity index (χ4v) is 2.97. The number of nitrogens with zero attached hydrogens (tertiary/aromatic N) is 2. The molecule has 0 amide bonds. The lowest BCUT2D eigenvalue weighted by Crippen LogP contribution is -2.35. The van der Waals surface area contributed by atoms with Crippen LogP contribution in [0.1, 0.15) is 24.8 Å². The zero-order chi connectivity index (χ0) is 13.5. The molecule has 0 N–H and O–H groups in total. The summed E-state index contributed by atoms with van der Waals surface area (Å²) >= 11 is 0. The van der Waals surface area contributed by atoms with Crippen molar-refractivity contribution in [2.45, 2.75) is 25.7 Å². The number of likely N-dealkylation sites (tertiary alicyclic amines) is 1. The molecule has 1 aromatic rings. The third-order valence-corrected chi connectivity index (χ3v) is 4.15. The minimum absolute atomic E-state index is 0.896. The zero-order valence-corrected chi connectivity index (χ0v) is 12.5. The fraction of sp³-hybridized carbons (Fsp3) is 0.647. The molecular weight excluding hydrogens is 232 g/mol. The van der Waals surface area contributed by atoms with Crippen LogP contribution in [0.2, 0.25) is 0 Å². The summed E-state index contributed by atoms with van der Waals surface area (Å²) in [5.74, 6) is 0.896. The fourth-order valence-electron chi connectivity index (χ4n) is 2.97. The van der Waals surface area contributed by atoms with Gasteiger partial charge in [0.2, 0.25) is 0 Å². The Kier molecular flexibility index (Phi) is 5.87. The summed E-state index contributed by atoms with van der Waals surface area (Å²) in [6, 6.07) is 11.0. The van der Waals surface area contributed by atoms with Crippen molar-refractivity contribution in [2.75, 3.05) is 40.3 Å². The summed E-state index contributed by atoms with van der Waals surface area (Å²) in [5, 5.41) is 0. The lowest BCUT2D eigenvalue weighted by Gasteiger charge is -2.32. The molecule has 0 aliphatic carbocycles. The van der Waals surface area contributed by atoms with Crippen LogP contribution in [-0.4, -0.2) is 50.1 Å². The van der Waals surface area contributed by atoms with Crippen molar-refractivity contribution in [1.82, 2.24) is 9.80 Å². The molecule has 1 aliphatic heterocycles. The van der Waals surface area contributed by atoms with E-state index < -0.39 is 0 Å². The normalized spacial score (nSPS) is 18.1. The zero-order valence-electron chi connectivity index (χ0n) is 12.5. The van der Waals surface area contributed by atoms with Crippen LogP contribution in [0.3, 0.4) is 0 Å². The quantitative estimate of drug-likeness (QED) is 0.776. The SMILES string of the molecule is CN(C)CCCN1CCC(Cc2ccccc2)CC1. The highest BCUT2D eigenvalue weighted by Crippen LogP contribution is 2.21. The Balaban J connectivity index is 1.65. The van der Waals surface area contributed by atoms with Crippen LogP contribution in [0.15, 0.2) is 30.3 Å². The van der Waals surface area contributed by atoms with E-state index in [1.54, 1.807) is 0 Å². The molecule has 1 heterocycles. The molecular formula is C17H28N2. The van der Waals surface area contributed by atoms with E-state index >= 15 is 0 Å². The third kappa shape index (κ3) is 5.33. The largest absolute Gasteiger partial charge is 0.309 e. The topological polar surface area (TPSA) is 6.48 Å². The monoisotopic (exact) mass is 260 g/mol.